The minimum atomic E-state index is -0.820. The van der Waals surface area contributed by atoms with Crippen molar-refractivity contribution in [2.24, 2.45) is 0 Å². The summed E-state index contributed by atoms with van der Waals surface area (Å²) in [6.07, 6.45) is 2.61. The third kappa shape index (κ3) is 4.72. The highest BCUT2D eigenvalue weighted by Crippen LogP contribution is 2.30. The van der Waals surface area contributed by atoms with Crippen molar-refractivity contribution in [1.29, 1.82) is 0 Å². The maximum atomic E-state index is 12.2. The molecule has 1 saturated heterocycles. The Bertz CT molecular complexity index is 857. The summed E-state index contributed by atoms with van der Waals surface area (Å²) in [7, 11) is 0. The van der Waals surface area contributed by atoms with Gasteiger partial charge in [0.15, 0.2) is 11.5 Å². The Balaban J connectivity index is 1.18. The molecule has 0 unspecified atom stereocenters. The molecule has 3 heterocycles. The molecule has 0 saturated carbocycles. The Morgan fingerprint density at radius 1 is 1.00 bits per heavy atom. The second kappa shape index (κ2) is 8.74. The molecule has 2 aromatic rings. The van der Waals surface area contributed by atoms with E-state index in [0.29, 0.717) is 30.5 Å². The molecule has 0 aliphatic carbocycles. The molecule has 2 amide bonds. The molecule has 0 spiro atoms. The minimum absolute atomic E-state index is 0.0855. The van der Waals surface area contributed by atoms with Crippen LogP contribution in [0.25, 0.3) is 0 Å². The van der Waals surface area contributed by atoms with Crippen LogP contribution in [0, 0.1) is 0 Å². The van der Waals surface area contributed by atoms with Crippen molar-refractivity contribution in [3.05, 3.63) is 42.7 Å². The molecule has 152 valence electrons. The van der Waals surface area contributed by atoms with Crippen LogP contribution in [0.2, 0.25) is 0 Å². The van der Waals surface area contributed by atoms with Gasteiger partial charge in [-0.3, -0.25) is 25.3 Å². The molecule has 2 aliphatic rings. The third-order valence-corrected chi connectivity index (χ3v) is 4.70. The molecule has 1 aromatic carbocycles. The highest BCUT2D eigenvalue weighted by molar-refractivity contribution is 5.85. The van der Waals surface area contributed by atoms with Crippen molar-refractivity contribution in [2.75, 3.05) is 44.2 Å². The quantitative estimate of drug-likeness (QED) is 0.669. The number of nitrogens with zero attached hydrogens (tertiary/aromatic N) is 4. The van der Waals surface area contributed by atoms with Gasteiger partial charge >= 0.3 is 0 Å². The number of amides is 2. The number of carbonyl (C=O) groups excluding carboxylic acids is 2. The van der Waals surface area contributed by atoms with Crippen molar-refractivity contribution in [3.8, 4) is 11.5 Å². The lowest BCUT2D eigenvalue weighted by atomic mass is 10.2. The maximum absolute atomic E-state index is 12.2. The number of hydrogen-bond acceptors (Lipinski definition) is 8. The molecule has 29 heavy (non-hydrogen) atoms. The number of nitrogens with one attached hydrogen (secondary N) is 2. The van der Waals surface area contributed by atoms with Gasteiger partial charge < -0.3 is 14.4 Å². The van der Waals surface area contributed by atoms with Gasteiger partial charge in [-0.2, -0.15) is 0 Å². The van der Waals surface area contributed by atoms with Crippen LogP contribution in [0.4, 0.5) is 5.95 Å². The Morgan fingerprint density at radius 2 is 1.72 bits per heavy atom. The number of ether oxygens (including phenoxy) is 2. The van der Waals surface area contributed by atoms with Crippen molar-refractivity contribution in [2.45, 2.75) is 6.10 Å². The zero-order valence-electron chi connectivity index (χ0n) is 15.8. The van der Waals surface area contributed by atoms with Gasteiger partial charge in [-0.15, -0.1) is 0 Å². The van der Waals surface area contributed by atoms with E-state index in [-0.39, 0.29) is 19.1 Å². The topological polar surface area (TPSA) is 109 Å². The zero-order chi connectivity index (χ0) is 20.1. The number of para-hydroxylation sites is 2. The lowest BCUT2D eigenvalue weighted by molar-refractivity contribution is -0.135. The number of aromatic nitrogens is 2. The molecule has 0 bridgehead atoms. The fourth-order valence-corrected chi connectivity index (χ4v) is 3.16. The number of hydrogen-bond donors (Lipinski definition) is 2. The molecule has 0 radical (unpaired) electrons. The van der Waals surface area contributed by atoms with E-state index < -0.39 is 12.0 Å². The second-order valence-electron chi connectivity index (χ2n) is 6.71. The summed E-state index contributed by atoms with van der Waals surface area (Å²) < 4.78 is 11.1. The first-order valence-electron chi connectivity index (χ1n) is 9.40. The van der Waals surface area contributed by atoms with Gasteiger partial charge in [0.2, 0.25) is 12.1 Å². The number of anilines is 1. The monoisotopic (exact) mass is 398 g/mol. The summed E-state index contributed by atoms with van der Waals surface area (Å²) in [5.41, 5.74) is 4.85. The second-order valence-corrected chi connectivity index (χ2v) is 6.71. The summed E-state index contributed by atoms with van der Waals surface area (Å²) >= 11 is 0. The third-order valence-electron chi connectivity index (χ3n) is 4.70. The molecule has 2 N–H and O–H groups in total. The zero-order valence-corrected chi connectivity index (χ0v) is 15.8. The van der Waals surface area contributed by atoms with Crippen LogP contribution >= 0.6 is 0 Å². The van der Waals surface area contributed by atoms with Gasteiger partial charge in [-0.25, -0.2) is 9.97 Å². The predicted molar refractivity (Wildman–Crippen MR) is 103 cm³/mol. The first kappa shape index (κ1) is 18.9. The summed E-state index contributed by atoms with van der Waals surface area (Å²) in [6.45, 7) is 3.15. The van der Waals surface area contributed by atoms with E-state index in [4.69, 9.17) is 9.47 Å². The Morgan fingerprint density at radius 3 is 2.48 bits per heavy atom. The smallest absolute Gasteiger partial charge is 0.283 e. The maximum Gasteiger partial charge on any atom is 0.283 e. The Hall–Kier alpha value is -3.40. The molecule has 4 rings (SSSR count). The molecule has 1 atom stereocenters. The molecule has 1 fully saturated rings. The van der Waals surface area contributed by atoms with Crippen molar-refractivity contribution in [3.63, 3.8) is 0 Å². The standard InChI is InChI=1S/C19H22N6O4/c26-17(12-24-8-10-25(11-9-24)19-20-6-3-7-21-19)22-23-18(27)16-13-28-14-4-1-2-5-15(14)29-16/h1-7,16H,8-13H2,(H,22,26)(H,23,27)/t16-/m1/s1. The number of fused-ring (bicyclic) bond motifs is 1. The van der Waals surface area contributed by atoms with Crippen LogP contribution in [-0.2, 0) is 9.59 Å². The number of piperazine rings is 1. The van der Waals surface area contributed by atoms with Crippen LogP contribution in [0.15, 0.2) is 42.7 Å². The number of hydrazine groups is 1. The molecule has 10 heteroatoms. The summed E-state index contributed by atoms with van der Waals surface area (Å²) in [5, 5.41) is 0. The largest absolute Gasteiger partial charge is 0.485 e. The molecular formula is C19H22N6O4. The SMILES string of the molecule is O=C(CN1CCN(c2ncccn2)CC1)NNC(=O)[C@H]1COc2ccccc2O1. The predicted octanol–water partition coefficient (Wildman–Crippen LogP) is -0.414. The van der Waals surface area contributed by atoms with E-state index in [0.717, 1.165) is 13.1 Å². The van der Waals surface area contributed by atoms with Crippen molar-refractivity contribution in [1.82, 2.24) is 25.7 Å². The lowest BCUT2D eigenvalue weighted by Crippen LogP contribution is -2.54. The first-order chi connectivity index (χ1) is 14.2. The molecule has 2 aliphatic heterocycles. The van der Waals surface area contributed by atoms with Crippen molar-refractivity contribution >= 4 is 17.8 Å². The van der Waals surface area contributed by atoms with Crippen LogP contribution in [-0.4, -0.2) is 72.1 Å². The van der Waals surface area contributed by atoms with Crippen LogP contribution in [0.1, 0.15) is 0 Å². The van der Waals surface area contributed by atoms with Gasteiger partial charge in [0.05, 0.1) is 6.54 Å². The Labute approximate surface area is 167 Å². The highest BCUT2D eigenvalue weighted by Gasteiger charge is 2.28. The van der Waals surface area contributed by atoms with E-state index in [2.05, 4.69) is 25.7 Å². The van der Waals surface area contributed by atoms with E-state index in [9.17, 15) is 9.59 Å². The summed E-state index contributed by atoms with van der Waals surface area (Å²) in [5.74, 6) is 1.05. The van der Waals surface area contributed by atoms with Gasteiger partial charge in [0.25, 0.3) is 11.8 Å². The normalized spacial score (nSPS) is 18.8. The molecular weight excluding hydrogens is 376 g/mol. The first-order valence-corrected chi connectivity index (χ1v) is 9.40. The fraction of sp³-hybridized carbons (Fsp3) is 0.368. The van der Waals surface area contributed by atoms with Gasteiger partial charge in [-0.05, 0) is 18.2 Å². The average Bonchev–Trinajstić information content (AvgIpc) is 2.78. The van der Waals surface area contributed by atoms with Crippen LogP contribution in [0.3, 0.4) is 0 Å². The lowest BCUT2D eigenvalue weighted by Gasteiger charge is -2.34. The molecule has 10 nitrogen and oxygen atoms in total. The van der Waals surface area contributed by atoms with E-state index in [1.807, 2.05) is 11.0 Å². The van der Waals surface area contributed by atoms with Gasteiger partial charge in [-0.1, -0.05) is 12.1 Å². The average molecular weight is 398 g/mol. The Kier molecular flexibility index (Phi) is 5.71. The van der Waals surface area contributed by atoms with E-state index in [1.54, 1.807) is 36.7 Å². The van der Waals surface area contributed by atoms with E-state index in [1.165, 1.54) is 0 Å². The molecule has 1 aromatic heterocycles. The fourth-order valence-electron chi connectivity index (χ4n) is 3.16. The van der Waals surface area contributed by atoms with Crippen LogP contribution < -0.4 is 25.2 Å². The number of carbonyl (C=O) groups is 2. The van der Waals surface area contributed by atoms with Crippen LogP contribution in [0.5, 0.6) is 11.5 Å². The number of benzene rings is 1. The van der Waals surface area contributed by atoms with E-state index >= 15 is 0 Å². The summed E-state index contributed by atoms with van der Waals surface area (Å²) in [4.78, 5) is 37.0. The van der Waals surface area contributed by atoms with Gasteiger partial charge in [0.1, 0.15) is 6.61 Å². The number of rotatable bonds is 4. The highest BCUT2D eigenvalue weighted by atomic mass is 16.6. The summed E-state index contributed by atoms with van der Waals surface area (Å²) in [6, 6.07) is 8.91. The minimum Gasteiger partial charge on any atom is -0.485 e. The van der Waals surface area contributed by atoms with Crippen molar-refractivity contribution < 1.29 is 19.1 Å². The van der Waals surface area contributed by atoms with Gasteiger partial charge in [0, 0.05) is 38.6 Å².